The Bertz CT molecular complexity index is 946. The van der Waals surface area contributed by atoms with Crippen molar-refractivity contribution < 1.29 is 19.1 Å². The third kappa shape index (κ3) is 6.44. The summed E-state index contributed by atoms with van der Waals surface area (Å²) in [6.07, 6.45) is 6.56. The Kier molecular flexibility index (Phi) is 8.14. The van der Waals surface area contributed by atoms with Gasteiger partial charge in [0.15, 0.2) is 11.5 Å². The summed E-state index contributed by atoms with van der Waals surface area (Å²) < 4.78 is 11.9. The lowest BCUT2D eigenvalue weighted by molar-refractivity contribution is -0.121. The van der Waals surface area contributed by atoms with E-state index in [0.29, 0.717) is 36.8 Å². The minimum atomic E-state index is -0.259. The number of pyridine rings is 1. The predicted molar refractivity (Wildman–Crippen MR) is 125 cm³/mol. The van der Waals surface area contributed by atoms with E-state index in [1.165, 1.54) is 12.8 Å². The number of likely N-dealkylation sites (tertiary alicyclic amines) is 1. The topological polar surface area (TPSA) is 84.0 Å². The van der Waals surface area contributed by atoms with Crippen LogP contribution >= 0.6 is 0 Å². The fraction of sp³-hybridized carbons (Fsp3) is 0.480. The number of nitrogens with zero attached hydrogens (tertiary/aromatic N) is 3. The molecule has 1 saturated heterocycles. The highest BCUT2D eigenvalue weighted by Crippen LogP contribution is 2.32. The third-order valence-electron chi connectivity index (χ3n) is 5.96. The van der Waals surface area contributed by atoms with E-state index in [-0.39, 0.29) is 24.2 Å². The molecule has 0 aliphatic carbocycles. The van der Waals surface area contributed by atoms with Gasteiger partial charge in [0, 0.05) is 25.8 Å². The van der Waals surface area contributed by atoms with E-state index in [1.54, 1.807) is 29.3 Å². The van der Waals surface area contributed by atoms with E-state index in [2.05, 4.69) is 15.2 Å². The average Bonchev–Trinajstić information content (AvgIpc) is 3.34. The lowest BCUT2D eigenvalue weighted by Gasteiger charge is -2.23. The standard InChI is InChI=1S/C25H32N4O4/c30-23(26-13-17-28-14-5-6-15-28)19-29-16-4-1-7-18-32-21-10-2-3-11-22(21)33-24-20(25(29)31)9-8-12-27-24/h2-3,8-12H,1,4-7,13-19H2,(H,26,30). The molecule has 1 aromatic heterocycles. The highest BCUT2D eigenvalue weighted by molar-refractivity contribution is 5.98. The van der Waals surface area contributed by atoms with Crippen molar-refractivity contribution in [3.8, 4) is 17.4 Å². The molecule has 1 N–H and O–H groups in total. The second-order valence-electron chi connectivity index (χ2n) is 8.44. The number of hydrogen-bond acceptors (Lipinski definition) is 6. The van der Waals surface area contributed by atoms with Crippen LogP contribution in [0.25, 0.3) is 0 Å². The highest BCUT2D eigenvalue weighted by atomic mass is 16.5. The molecule has 0 saturated carbocycles. The zero-order valence-corrected chi connectivity index (χ0v) is 19.0. The SMILES string of the molecule is O=C(CN1CCCCCOc2ccccc2Oc2ncccc2C1=O)NCCN1CCCC1. The van der Waals surface area contributed by atoms with Crippen molar-refractivity contribution in [2.24, 2.45) is 0 Å². The third-order valence-corrected chi connectivity index (χ3v) is 5.96. The molecule has 2 aromatic rings. The molecule has 1 aromatic carbocycles. The molecular formula is C25H32N4O4. The Morgan fingerprint density at radius 2 is 1.76 bits per heavy atom. The number of para-hydroxylation sites is 2. The van der Waals surface area contributed by atoms with Crippen molar-refractivity contribution in [1.82, 2.24) is 20.1 Å². The Balaban J connectivity index is 1.48. The van der Waals surface area contributed by atoms with Crippen LogP contribution in [0, 0.1) is 0 Å². The molecule has 3 heterocycles. The van der Waals surface area contributed by atoms with Crippen molar-refractivity contribution in [1.29, 1.82) is 0 Å². The Morgan fingerprint density at radius 1 is 0.970 bits per heavy atom. The molecule has 2 aliphatic heterocycles. The molecule has 4 rings (SSSR count). The van der Waals surface area contributed by atoms with Gasteiger partial charge in [-0.3, -0.25) is 9.59 Å². The number of aromatic nitrogens is 1. The smallest absolute Gasteiger partial charge is 0.259 e. The van der Waals surface area contributed by atoms with Crippen LogP contribution in [-0.2, 0) is 4.79 Å². The Labute approximate surface area is 194 Å². The summed E-state index contributed by atoms with van der Waals surface area (Å²) in [4.78, 5) is 34.3. The molecule has 0 unspecified atom stereocenters. The number of nitrogens with one attached hydrogen (secondary N) is 1. The molecule has 8 nitrogen and oxygen atoms in total. The monoisotopic (exact) mass is 452 g/mol. The summed E-state index contributed by atoms with van der Waals surface area (Å²) in [6, 6.07) is 10.8. The second-order valence-corrected chi connectivity index (χ2v) is 8.44. The molecule has 0 bridgehead atoms. The van der Waals surface area contributed by atoms with Crippen molar-refractivity contribution >= 4 is 11.8 Å². The molecule has 2 aliphatic rings. The van der Waals surface area contributed by atoms with Crippen molar-refractivity contribution in [3.63, 3.8) is 0 Å². The maximum atomic E-state index is 13.5. The maximum absolute atomic E-state index is 13.5. The Hall–Kier alpha value is -3.13. The number of fused-ring (bicyclic) bond motifs is 2. The molecule has 1 fully saturated rings. The number of ether oxygens (including phenoxy) is 2. The van der Waals surface area contributed by atoms with E-state index in [1.807, 2.05) is 18.2 Å². The summed E-state index contributed by atoms with van der Waals surface area (Å²) in [5.74, 6) is 0.931. The first-order valence-electron chi connectivity index (χ1n) is 11.8. The predicted octanol–water partition coefficient (Wildman–Crippen LogP) is 3.09. The van der Waals surface area contributed by atoms with E-state index in [4.69, 9.17) is 9.47 Å². The summed E-state index contributed by atoms with van der Waals surface area (Å²) in [6.45, 7) is 4.68. The van der Waals surface area contributed by atoms with Crippen LogP contribution in [0.5, 0.6) is 17.4 Å². The summed E-state index contributed by atoms with van der Waals surface area (Å²) in [7, 11) is 0. The van der Waals surface area contributed by atoms with Crippen LogP contribution in [0.1, 0.15) is 42.5 Å². The number of carbonyl (C=O) groups is 2. The fourth-order valence-corrected chi connectivity index (χ4v) is 4.17. The van der Waals surface area contributed by atoms with E-state index in [9.17, 15) is 9.59 Å². The Morgan fingerprint density at radius 3 is 2.61 bits per heavy atom. The van der Waals surface area contributed by atoms with Crippen molar-refractivity contribution in [3.05, 3.63) is 48.2 Å². The van der Waals surface area contributed by atoms with E-state index < -0.39 is 0 Å². The number of hydrogen-bond donors (Lipinski definition) is 1. The largest absolute Gasteiger partial charge is 0.490 e. The zero-order chi connectivity index (χ0) is 22.9. The molecule has 2 amide bonds. The minimum absolute atomic E-state index is 0.0141. The van der Waals surface area contributed by atoms with Gasteiger partial charge < -0.3 is 24.6 Å². The van der Waals surface area contributed by atoms with Gasteiger partial charge in [-0.25, -0.2) is 4.98 Å². The lowest BCUT2D eigenvalue weighted by Crippen LogP contribution is -2.43. The van der Waals surface area contributed by atoms with Gasteiger partial charge in [0.25, 0.3) is 5.91 Å². The first-order chi connectivity index (χ1) is 16.2. The van der Waals surface area contributed by atoms with Gasteiger partial charge in [0.1, 0.15) is 5.56 Å². The van der Waals surface area contributed by atoms with Crippen LogP contribution < -0.4 is 14.8 Å². The van der Waals surface area contributed by atoms with Crippen LogP contribution in [0.2, 0.25) is 0 Å². The quantitative estimate of drug-likeness (QED) is 0.751. The maximum Gasteiger partial charge on any atom is 0.259 e. The van der Waals surface area contributed by atoms with Gasteiger partial charge in [-0.2, -0.15) is 0 Å². The van der Waals surface area contributed by atoms with Crippen LogP contribution in [0.3, 0.4) is 0 Å². The molecule has 33 heavy (non-hydrogen) atoms. The van der Waals surface area contributed by atoms with E-state index >= 15 is 0 Å². The molecule has 0 radical (unpaired) electrons. The summed E-state index contributed by atoms with van der Waals surface area (Å²) in [5, 5.41) is 2.97. The molecule has 0 spiro atoms. The molecule has 8 heteroatoms. The van der Waals surface area contributed by atoms with Gasteiger partial charge >= 0.3 is 0 Å². The number of carbonyl (C=O) groups excluding carboxylic acids is 2. The van der Waals surface area contributed by atoms with Gasteiger partial charge in [0.05, 0.1) is 13.2 Å². The van der Waals surface area contributed by atoms with Crippen LogP contribution in [0.15, 0.2) is 42.6 Å². The highest BCUT2D eigenvalue weighted by Gasteiger charge is 2.24. The molecule has 0 atom stereocenters. The molecule has 176 valence electrons. The normalized spacial score (nSPS) is 17.5. The first-order valence-corrected chi connectivity index (χ1v) is 11.8. The minimum Gasteiger partial charge on any atom is -0.490 e. The fourth-order valence-electron chi connectivity index (χ4n) is 4.17. The van der Waals surface area contributed by atoms with Crippen molar-refractivity contribution in [2.45, 2.75) is 32.1 Å². The second kappa shape index (κ2) is 11.7. The van der Waals surface area contributed by atoms with Gasteiger partial charge in [-0.05, 0) is 69.5 Å². The number of benzene rings is 1. The summed E-state index contributed by atoms with van der Waals surface area (Å²) >= 11 is 0. The van der Waals surface area contributed by atoms with Crippen LogP contribution in [0.4, 0.5) is 0 Å². The zero-order valence-electron chi connectivity index (χ0n) is 19.0. The van der Waals surface area contributed by atoms with Gasteiger partial charge in [0.2, 0.25) is 11.8 Å². The van der Waals surface area contributed by atoms with Crippen LogP contribution in [-0.4, -0.2) is 72.5 Å². The van der Waals surface area contributed by atoms with Gasteiger partial charge in [-0.15, -0.1) is 0 Å². The number of amides is 2. The number of rotatable bonds is 5. The van der Waals surface area contributed by atoms with E-state index in [0.717, 1.165) is 38.9 Å². The van der Waals surface area contributed by atoms with Gasteiger partial charge in [-0.1, -0.05) is 12.1 Å². The molecular weight excluding hydrogens is 420 g/mol. The average molecular weight is 453 g/mol. The lowest BCUT2D eigenvalue weighted by atomic mass is 10.2. The first kappa shape index (κ1) is 23.0. The van der Waals surface area contributed by atoms with Crippen molar-refractivity contribution in [2.75, 3.05) is 45.9 Å². The summed E-state index contributed by atoms with van der Waals surface area (Å²) in [5.41, 5.74) is 0.330.